The molecule has 0 spiro atoms. The molecule has 0 radical (unpaired) electrons. The lowest BCUT2D eigenvalue weighted by Crippen LogP contribution is -2.22. The molecule has 0 fully saturated rings. The Kier molecular flexibility index (Phi) is 5.41. The molecule has 132 valence electrons. The highest BCUT2D eigenvalue weighted by Gasteiger charge is 2.22. The normalized spacial score (nSPS) is 11.4. The van der Waals surface area contributed by atoms with Crippen LogP contribution in [0.4, 0.5) is 11.4 Å². The summed E-state index contributed by atoms with van der Waals surface area (Å²) in [5, 5.41) is 13.7. The number of hydrogen-bond donors (Lipinski definition) is 1. The van der Waals surface area contributed by atoms with Crippen LogP contribution >= 0.6 is 11.6 Å². The SMILES string of the molecule is CN(C)S(=O)(=O)c1cccc(NC(=O)c2cc(Cl)ccc2[N+](=O)[O-])c1. The molecule has 0 unspecified atom stereocenters. The van der Waals surface area contributed by atoms with Crippen molar-refractivity contribution in [2.75, 3.05) is 19.4 Å². The third-order valence-electron chi connectivity index (χ3n) is 3.27. The zero-order valence-corrected chi connectivity index (χ0v) is 14.8. The molecule has 2 aromatic carbocycles. The van der Waals surface area contributed by atoms with E-state index in [0.717, 1.165) is 10.4 Å². The first kappa shape index (κ1) is 18.8. The van der Waals surface area contributed by atoms with Gasteiger partial charge in [-0.1, -0.05) is 17.7 Å². The zero-order valence-electron chi connectivity index (χ0n) is 13.3. The molecule has 1 N–H and O–H groups in total. The molecule has 0 heterocycles. The highest BCUT2D eigenvalue weighted by Crippen LogP contribution is 2.24. The number of sulfonamides is 1. The van der Waals surface area contributed by atoms with Gasteiger partial charge in [-0.25, -0.2) is 12.7 Å². The van der Waals surface area contributed by atoms with Crippen molar-refractivity contribution in [2.45, 2.75) is 4.90 Å². The van der Waals surface area contributed by atoms with E-state index in [9.17, 15) is 23.3 Å². The number of halogens is 1. The van der Waals surface area contributed by atoms with Gasteiger partial charge >= 0.3 is 0 Å². The standard InChI is InChI=1S/C15H14ClN3O5S/c1-18(2)25(23,24)12-5-3-4-11(9-12)17-15(20)13-8-10(16)6-7-14(13)19(21)22/h3-9H,1-2H3,(H,17,20). The maximum atomic E-state index is 12.4. The first-order valence-electron chi connectivity index (χ1n) is 6.91. The third-order valence-corrected chi connectivity index (χ3v) is 5.32. The maximum absolute atomic E-state index is 12.4. The second kappa shape index (κ2) is 7.18. The molecule has 0 saturated heterocycles. The van der Waals surface area contributed by atoms with Crippen molar-refractivity contribution in [3.8, 4) is 0 Å². The number of benzene rings is 2. The number of nitrogens with zero attached hydrogens (tertiary/aromatic N) is 2. The fourth-order valence-corrected chi connectivity index (χ4v) is 3.11. The molecule has 0 aliphatic carbocycles. The lowest BCUT2D eigenvalue weighted by atomic mass is 10.1. The van der Waals surface area contributed by atoms with Gasteiger partial charge in [0.25, 0.3) is 11.6 Å². The van der Waals surface area contributed by atoms with Crippen LogP contribution in [-0.2, 0) is 10.0 Å². The molecule has 25 heavy (non-hydrogen) atoms. The van der Waals surface area contributed by atoms with Crippen LogP contribution < -0.4 is 5.32 Å². The Bertz CT molecular complexity index is 944. The average Bonchev–Trinajstić information content (AvgIpc) is 2.54. The van der Waals surface area contributed by atoms with Crippen LogP contribution in [0.2, 0.25) is 5.02 Å². The van der Waals surface area contributed by atoms with Crippen LogP contribution in [0.1, 0.15) is 10.4 Å². The molecule has 10 heteroatoms. The number of nitrogens with one attached hydrogen (secondary N) is 1. The Hall–Kier alpha value is -2.49. The second-order valence-corrected chi connectivity index (χ2v) is 7.78. The van der Waals surface area contributed by atoms with E-state index < -0.39 is 26.5 Å². The van der Waals surface area contributed by atoms with Crippen molar-refractivity contribution in [1.29, 1.82) is 0 Å². The summed E-state index contributed by atoms with van der Waals surface area (Å²) in [5.41, 5.74) is -0.445. The van der Waals surface area contributed by atoms with Gasteiger partial charge in [-0.2, -0.15) is 0 Å². The van der Waals surface area contributed by atoms with E-state index in [-0.39, 0.29) is 21.2 Å². The van der Waals surface area contributed by atoms with Crippen molar-refractivity contribution in [1.82, 2.24) is 4.31 Å². The molecule has 1 amide bonds. The average molecular weight is 384 g/mol. The Morgan fingerprint density at radius 1 is 1.20 bits per heavy atom. The summed E-state index contributed by atoms with van der Waals surface area (Å²) in [6, 6.07) is 9.19. The molecular weight excluding hydrogens is 370 g/mol. The van der Waals surface area contributed by atoms with Crippen LogP contribution in [0.15, 0.2) is 47.4 Å². The fraction of sp³-hybridized carbons (Fsp3) is 0.133. The fourth-order valence-electron chi connectivity index (χ4n) is 1.99. The van der Waals surface area contributed by atoms with Crippen molar-refractivity contribution < 1.29 is 18.1 Å². The molecule has 0 aliphatic rings. The number of carbonyl (C=O) groups is 1. The van der Waals surface area contributed by atoms with Gasteiger partial charge in [0, 0.05) is 30.9 Å². The Balaban J connectivity index is 2.37. The van der Waals surface area contributed by atoms with E-state index in [0.29, 0.717) is 0 Å². The van der Waals surface area contributed by atoms with Crippen LogP contribution in [0.5, 0.6) is 0 Å². The van der Waals surface area contributed by atoms with Crippen LogP contribution in [0.3, 0.4) is 0 Å². The number of carbonyl (C=O) groups excluding carboxylic acids is 1. The Morgan fingerprint density at radius 2 is 1.88 bits per heavy atom. The Labute approximate surface area is 149 Å². The molecule has 0 saturated carbocycles. The van der Waals surface area contributed by atoms with Gasteiger partial charge in [-0.3, -0.25) is 14.9 Å². The first-order valence-corrected chi connectivity index (χ1v) is 8.72. The lowest BCUT2D eigenvalue weighted by molar-refractivity contribution is -0.385. The maximum Gasteiger partial charge on any atom is 0.282 e. The monoisotopic (exact) mass is 383 g/mol. The molecule has 0 bridgehead atoms. The predicted octanol–water partition coefficient (Wildman–Crippen LogP) is 2.75. The zero-order chi connectivity index (χ0) is 18.8. The number of nitro benzene ring substituents is 1. The molecule has 0 atom stereocenters. The van der Waals surface area contributed by atoms with Gasteiger partial charge < -0.3 is 5.32 Å². The van der Waals surface area contributed by atoms with Gasteiger partial charge in [-0.15, -0.1) is 0 Å². The Morgan fingerprint density at radius 3 is 2.48 bits per heavy atom. The summed E-state index contributed by atoms with van der Waals surface area (Å²) in [5.74, 6) is -0.770. The highest BCUT2D eigenvalue weighted by atomic mass is 35.5. The summed E-state index contributed by atoms with van der Waals surface area (Å²) in [7, 11) is -0.906. The lowest BCUT2D eigenvalue weighted by Gasteiger charge is -2.12. The summed E-state index contributed by atoms with van der Waals surface area (Å²) in [6.07, 6.45) is 0. The minimum absolute atomic E-state index is 0.0177. The molecule has 0 aliphatic heterocycles. The van der Waals surface area contributed by atoms with Crippen LogP contribution in [-0.4, -0.2) is 37.6 Å². The number of rotatable bonds is 5. The van der Waals surface area contributed by atoms with Crippen LogP contribution in [0, 0.1) is 10.1 Å². The molecular formula is C15H14ClN3O5S. The molecule has 8 nitrogen and oxygen atoms in total. The largest absolute Gasteiger partial charge is 0.322 e. The van der Waals surface area contributed by atoms with E-state index in [1.165, 1.54) is 50.5 Å². The van der Waals surface area contributed by atoms with E-state index in [1.807, 2.05) is 0 Å². The molecule has 2 aromatic rings. The summed E-state index contributed by atoms with van der Waals surface area (Å²) in [4.78, 5) is 22.7. The van der Waals surface area contributed by atoms with Crippen molar-refractivity contribution in [3.63, 3.8) is 0 Å². The van der Waals surface area contributed by atoms with Gasteiger partial charge in [0.2, 0.25) is 10.0 Å². The number of nitro groups is 1. The number of hydrogen-bond acceptors (Lipinski definition) is 5. The topological polar surface area (TPSA) is 110 Å². The minimum Gasteiger partial charge on any atom is -0.322 e. The van der Waals surface area contributed by atoms with Gasteiger partial charge in [-0.05, 0) is 30.3 Å². The van der Waals surface area contributed by atoms with Gasteiger partial charge in [0.15, 0.2) is 0 Å². The number of anilines is 1. The first-order chi connectivity index (χ1) is 11.6. The van der Waals surface area contributed by atoms with Gasteiger partial charge in [0.1, 0.15) is 5.56 Å². The van der Waals surface area contributed by atoms with E-state index in [4.69, 9.17) is 11.6 Å². The van der Waals surface area contributed by atoms with Crippen LogP contribution in [0.25, 0.3) is 0 Å². The molecule has 2 rings (SSSR count). The van der Waals surface area contributed by atoms with E-state index in [2.05, 4.69) is 5.32 Å². The van der Waals surface area contributed by atoms with E-state index in [1.54, 1.807) is 0 Å². The predicted molar refractivity (Wildman–Crippen MR) is 93.4 cm³/mol. The minimum atomic E-state index is -3.68. The van der Waals surface area contributed by atoms with Crippen molar-refractivity contribution in [3.05, 3.63) is 63.2 Å². The molecule has 0 aromatic heterocycles. The van der Waals surface area contributed by atoms with Crippen molar-refractivity contribution >= 4 is 38.9 Å². The third kappa shape index (κ3) is 4.13. The second-order valence-electron chi connectivity index (χ2n) is 5.19. The van der Waals surface area contributed by atoms with E-state index >= 15 is 0 Å². The van der Waals surface area contributed by atoms with Gasteiger partial charge in [0.05, 0.1) is 9.82 Å². The smallest absolute Gasteiger partial charge is 0.282 e. The highest BCUT2D eigenvalue weighted by molar-refractivity contribution is 7.89. The quantitative estimate of drug-likeness (QED) is 0.630. The number of amides is 1. The summed E-state index contributed by atoms with van der Waals surface area (Å²) >= 11 is 5.80. The summed E-state index contributed by atoms with van der Waals surface area (Å²) in [6.45, 7) is 0. The summed E-state index contributed by atoms with van der Waals surface area (Å²) < 4.78 is 25.3. The van der Waals surface area contributed by atoms with Crippen molar-refractivity contribution in [2.24, 2.45) is 0 Å².